The number of carbonyl (C=O) groups excluding carboxylic acids is 1. The second-order valence-electron chi connectivity index (χ2n) is 8.96. The van der Waals surface area contributed by atoms with Crippen molar-refractivity contribution < 1.29 is 40.6 Å². The Morgan fingerprint density at radius 2 is 1.66 bits per heavy atom. The lowest BCUT2D eigenvalue weighted by Crippen LogP contribution is -2.40. The first-order valence-electron chi connectivity index (χ1n) is 11.8. The van der Waals surface area contributed by atoms with Crippen LogP contribution in [0.4, 0.5) is 26.3 Å². The zero-order valence-electron chi connectivity index (χ0n) is 19.8. The van der Waals surface area contributed by atoms with Crippen LogP contribution in [0.3, 0.4) is 0 Å². The summed E-state index contributed by atoms with van der Waals surface area (Å²) in [5.41, 5.74) is -0.824. The van der Waals surface area contributed by atoms with E-state index in [9.17, 15) is 31.1 Å². The van der Waals surface area contributed by atoms with Crippen molar-refractivity contribution >= 4 is 17.2 Å². The van der Waals surface area contributed by atoms with Gasteiger partial charge in [0.25, 0.3) is 12.9 Å². The van der Waals surface area contributed by atoms with Gasteiger partial charge in [0.2, 0.25) is 12.2 Å². The molecule has 204 valence electrons. The number of nitrogens with zero attached hydrogens (tertiary/aromatic N) is 4. The van der Waals surface area contributed by atoms with Gasteiger partial charge >= 0.3 is 0 Å². The number of likely N-dealkylation sites (tertiary alicyclic amines) is 1. The Bertz CT molecular complexity index is 1280. The number of benzene rings is 1. The van der Waals surface area contributed by atoms with Crippen molar-refractivity contribution in [1.82, 2.24) is 19.7 Å². The number of amides is 1. The molecular formula is C24H22F6N4O3S. The normalized spacial score (nSPS) is 17.3. The van der Waals surface area contributed by atoms with E-state index in [-0.39, 0.29) is 30.3 Å². The van der Waals surface area contributed by atoms with Crippen molar-refractivity contribution in [1.29, 1.82) is 0 Å². The van der Waals surface area contributed by atoms with Crippen LogP contribution in [0.5, 0.6) is 0 Å². The first kappa shape index (κ1) is 26.6. The van der Waals surface area contributed by atoms with Gasteiger partial charge in [0.15, 0.2) is 0 Å². The Morgan fingerprint density at radius 3 is 2.24 bits per heavy atom. The molecule has 1 fully saturated rings. The van der Waals surface area contributed by atoms with Crippen LogP contribution in [-0.4, -0.2) is 38.7 Å². The average molecular weight is 561 g/mol. The highest BCUT2D eigenvalue weighted by atomic mass is 32.1. The largest absolute Gasteiger partial charge is 0.342 e. The molecule has 0 saturated carbocycles. The molecule has 1 aromatic carbocycles. The van der Waals surface area contributed by atoms with Gasteiger partial charge in [-0.15, -0.1) is 11.3 Å². The van der Waals surface area contributed by atoms with E-state index in [1.807, 2.05) is 0 Å². The third-order valence-electron chi connectivity index (χ3n) is 6.62. The van der Waals surface area contributed by atoms with Crippen LogP contribution in [0, 0.1) is 11.6 Å². The fourth-order valence-corrected chi connectivity index (χ4v) is 5.54. The van der Waals surface area contributed by atoms with Gasteiger partial charge in [-0.2, -0.15) is 5.10 Å². The monoisotopic (exact) mass is 560 g/mol. The fourth-order valence-electron chi connectivity index (χ4n) is 4.55. The Labute approximate surface area is 217 Å². The molecule has 0 unspecified atom stereocenters. The first-order chi connectivity index (χ1) is 18.2. The highest BCUT2D eigenvalue weighted by molar-refractivity contribution is 7.09. The van der Waals surface area contributed by atoms with Crippen molar-refractivity contribution in [2.75, 3.05) is 13.1 Å². The summed E-state index contributed by atoms with van der Waals surface area (Å²) in [6.07, 6.45) is -5.86. The molecule has 4 heterocycles. The minimum atomic E-state index is -3.04. The van der Waals surface area contributed by atoms with Crippen molar-refractivity contribution in [3.8, 4) is 0 Å². The van der Waals surface area contributed by atoms with Crippen molar-refractivity contribution in [3.63, 3.8) is 0 Å². The smallest absolute Gasteiger partial charge is 0.282 e. The van der Waals surface area contributed by atoms with E-state index in [0.717, 1.165) is 17.1 Å². The quantitative estimate of drug-likeness (QED) is 0.365. The number of hydrogen-bond acceptors (Lipinski definition) is 6. The minimum absolute atomic E-state index is 0.0161. The Balaban J connectivity index is 1.18. The van der Waals surface area contributed by atoms with Gasteiger partial charge in [0, 0.05) is 35.5 Å². The lowest BCUT2D eigenvalue weighted by atomic mass is 9.97. The predicted molar refractivity (Wildman–Crippen MR) is 121 cm³/mol. The van der Waals surface area contributed by atoms with E-state index in [2.05, 4.69) is 10.1 Å². The molecule has 2 aromatic heterocycles. The van der Waals surface area contributed by atoms with Gasteiger partial charge in [0.1, 0.15) is 35.3 Å². The van der Waals surface area contributed by atoms with E-state index in [4.69, 9.17) is 9.47 Å². The second-order valence-corrected chi connectivity index (χ2v) is 9.85. The molecule has 0 N–H and O–H groups in total. The van der Waals surface area contributed by atoms with Crippen LogP contribution < -0.4 is 0 Å². The second kappa shape index (κ2) is 11.0. The highest BCUT2D eigenvalue weighted by Gasteiger charge is 2.30. The summed E-state index contributed by atoms with van der Waals surface area (Å²) < 4.78 is 92.3. The molecule has 0 bridgehead atoms. The molecule has 3 aromatic rings. The number of piperidine rings is 1. The Hall–Kier alpha value is -2.97. The summed E-state index contributed by atoms with van der Waals surface area (Å²) in [4.78, 5) is 18.8. The molecule has 7 nitrogen and oxygen atoms in total. The molecule has 0 spiro atoms. The lowest BCUT2D eigenvalue weighted by Gasteiger charge is -2.31. The molecule has 2 aliphatic heterocycles. The van der Waals surface area contributed by atoms with Gasteiger partial charge in [-0.1, -0.05) is 0 Å². The number of thiazole rings is 1. The van der Waals surface area contributed by atoms with Crippen LogP contribution in [0.1, 0.15) is 71.1 Å². The topological polar surface area (TPSA) is 69.5 Å². The first-order valence-corrected chi connectivity index (χ1v) is 12.6. The zero-order valence-corrected chi connectivity index (χ0v) is 20.6. The van der Waals surface area contributed by atoms with E-state index in [1.165, 1.54) is 16.2 Å². The summed E-state index contributed by atoms with van der Waals surface area (Å²) in [7, 11) is 0. The maximum Gasteiger partial charge on any atom is 0.282 e. The standard InChI is InChI=1S/C24H22F6N4O3S/c25-15-1-2-16(26)14-10-37-24(36-9-13(14)15)18-11-38-23(31-18)12-3-5-33(6-4-12)20(35)8-34-19(22(29)30)7-17(32-34)21(27)28/h1-2,7,11-12,21-22,24H,3-6,8-10H2. The van der Waals surface area contributed by atoms with E-state index in [0.29, 0.717) is 42.4 Å². The molecule has 5 rings (SSSR count). The third-order valence-corrected chi connectivity index (χ3v) is 7.64. The average Bonchev–Trinajstić information content (AvgIpc) is 3.49. The number of rotatable bonds is 6. The number of alkyl halides is 4. The summed E-state index contributed by atoms with van der Waals surface area (Å²) >= 11 is 1.38. The van der Waals surface area contributed by atoms with Gasteiger partial charge in [-0.25, -0.2) is 31.3 Å². The third kappa shape index (κ3) is 5.43. The minimum Gasteiger partial charge on any atom is -0.342 e. The van der Waals surface area contributed by atoms with E-state index >= 15 is 0 Å². The van der Waals surface area contributed by atoms with E-state index < -0.39 is 54.6 Å². The van der Waals surface area contributed by atoms with Gasteiger partial charge in [0.05, 0.1) is 18.2 Å². The number of fused-ring (bicyclic) bond motifs is 1. The molecule has 1 saturated heterocycles. The van der Waals surface area contributed by atoms with Crippen LogP contribution in [-0.2, 0) is 34.0 Å². The Kier molecular flexibility index (Phi) is 7.73. The summed E-state index contributed by atoms with van der Waals surface area (Å²) in [6, 6.07) is 2.70. The van der Waals surface area contributed by atoms with Crippen LogP contribution in [0.2, 0.25) is 0 Å². The van der Waals surface area contributed by atoms with Gasteiger partial charge in [-0.3, -0.25) is 9.48 Å². The fraction of sp³-hybridized carbons (Fsp3) is 0.458. The highest BCUT2D eigenvalue weighted by Crippen LogP contribution is 2.35. The maximum absolute atomic E-state index is 14.1. The molecule has 14 heteroatoms. The summed E-state index contributed by atoms with van der Waals surface area (Å²) in [5, 5.41) is 6.01. The lowest BCUT2D eigenvalue weighted by molar-refractivity contribution is -0.155. The molecule has 2 aliphatic rings. The molecule has 0 aliphatic carbocycles. The number of carbonyl (C=O) groups is 1. The summed E-state index contributed by atoms with van der Waals surface area (Å²) in [6.45, 7) is -0.234. The maximum atomic E-state index is 14.1. The molecule has 1 amide bonds. The van der Waals surface area contributed by atoms with Crippen molar-refractivity contribution in [3.05, 3.63) is 68.4 Å². The van der Waals surface area contributed by atoms with Crippen molar-refractivity contribution in [2.24, 2.45) is 0 Å². The van der Waals surface area contributed by atoms with Crippen LogP contribution in [0.15, 0.2) is 23.6 Å². The number of aromatic nitrogens is 3. The van der Waals surface area contributed by atoms with Crippen LogP contribution in [0.25, 0.3) is 0 Å². The van der Waals surface area contributed by atoms with Crippen LogP contribution >= 0.6 is 11.3 Å². The van der Waals surface area contributed by atoms with Crippen molar-refractivity contribution in [2.45, 2.75) is 57.7 Å². The predicted octanol–water partition coefficient (Wildman–Crippen LogP) is 5.64. The SMILES string of the molecule is O=C(Cn1nc(C(F)F)cc1C(F)F)N1CCC(c2nc(C3OCc4c(F)ccc(F)c4CO3)cs2)CC1. The number of hydrogen-bond donors (Lipinski definition) is 0. The Morgan fingerprint density at radius 1 is 1.03 bits per heavy atom. The number of ether oxygens (including phenoxy) is 2. The van der Waals surface area contributed by atoms with E-state index in [1.54, 1.807) is 5.38 Å². The molecule has 0 atom stereocenters. The summed E-state index contributed by atoms with van der Waals surface area (Å²) in [5.74, 6) is -1.62. The molecule has 38 heavy (non-hydrogen) atoms. The van der Waals surface area contributed by atoms with Gasteiger partial charge in [-0.05, 0) is 31.0 Å². The number of halogens is 6. The zero-order chi connectivity index (χ0) is 27.0. The van der Waals surface area contributed by atoms with Gasteiger partial charge < -0.3 is 14.4 Å². The molecule has 0 radical (unpaired) electrons. The molecular weight excluding hydrogens is 538 g/mol.